The van der Waals surface area contributed by atoms with Crippen LogP contribution >= 0.6 is 0 Å². The predicted octanol–water partition coefficient (Wildman–Crippen LogP) is 2.32. The molecule has 1 N–H and O–H groups in total. The molecule has 20 heavy (non-hydrogen) atoms. The van der Waals surface area contributed by atoms with Gasteiger partial charge < -0.3 is 5.32 Å². The molecule has 0 radical (unpaired) electrons. The molecule has 2 rings (SSSR count). The maximum atomic E-state index is 12.8. The van der Waals surface area contributed by atoms with Crippen LogP contribution in [0.25, 0.3) is 0 Å². The highest BCUT2D eigenvalue weighted by Gasteiger charge is 2.35. The Bertz CT molecular complexity index is 570. The molecule has 1 aliphatic heterocycles. The predicted molar refractivity (Wildman–Crippen MR) is 80.2 cm³/mol. The van der Waals surface area contributed by atoms with Crippen LogP contribution in [0, 0.1) is 5.41 Å². The molecule has 0 aromatic carbocycles. The molecule has 1 aromatic rings. The minimum Gasteiger partial charge on any atom is -0.384 e. The molecule has 0 atom stereocenters. The third-order valence-corrected chi connectivity index (χ3v) is 5.51. The Hall–Kier alpha value is -1.14. The number of nitrogens with one attached hydrogen (secondary N) is 1. The lowest BCUT2D eigenvalue weighted by Gasteiger charge is -2.37. The van der Waals surface area contributed by atoms with E-state index in [2.05, 4.69) is 24.1 Å². The summed E-state index contributed by atoms with van der Waals surface area (Å²) in [6.07, 6.45) is 5.02. The summed E-state index contributed by atoms with van der Waals surface area (Å²) in [5.74, 6) is 0. The highest BCUT2D eigenvalue weighted by molar-refractivity contribution is 7.89. The molecule has 0 unspecified atom stereocenters. The van der Waals surface area contributed by atoms with Crippen molar-refractivity contribution in [3.63, 3.8) is 0 Å². The molecule has 6 heteroatoms. The van der Waals surface area contributed by atoms with Crippen molar-refractivity contribution in [3.05, 3.63) is 18.5 Å². The first-order valence-corrected chi connectivity index (χ1v) is 8.49. The molecule has 0 bridgehead atoms. The first kappa shape index (κ1) is 15.3. The van der Waals surface area contributed by atoms with Crippen molar-refractivity contribution in [1.82, 2.24) is 9.29 Å². The smallest absolute Gasteiger partial charge is 0.246 e. The molecule has 1 aliphatic rings. The molecule has 0 spiro atoms. The van der Waals surface area contributed by atoms with Crippen LogP contribution in [0.5, 0.6) is 0 Å². The molecule has 112 valence electrons. The minimum atomic E-state index is -3.48. The van der Waals surface area contributed by atoms with Crippen LogP contribution in [0.2, 0.25) is 0 Å². The van der Waals surface area contributed by atoms with Crippen molar-refractivity contribution < 1.29 is 8.42 Å². The number of sulfonamides is 1. The van der Waals surface area contributed by atoms with Gasteiger partial charge in [-0.3, -0.25) is 4.98 Å². The average Bonchev–Trinajstić information content (AvgIpc) is 2.38. The van der Waals surface area contributed by atoms with Crippen molar-refractivity contribution in [2.45, 2.75) is 38.5 Å². The molecule has 0 saturated carbocycles. The minimum absolute atomic E-state index is 0.0336. The van der Waals surface area contributed by atoms with Crippen molar-refractivity contribution in [2.75, 3.05) is 25.0 Å². The zero-order chi connectivity index (χ0) is 14.8. The molecule has 1 saturated heterocycles. The Kier molecular flexibility index (Phi) is 4.34. The van der Waals surface area contributed by atoms with Gasteiger partial charge in [0.1, 0.15) is 4.90 Å². The van der Waals surface area contributed by atoms with Crippen molar-refractivity contribution >= 4 is 15.7 Å². The molecule has 0 amide bonds. The van der Waals surface area contributed by atoms with Crippen LogP contribution in [0.4, 0.5) is 5.69 Å². The number of rotatable bonds is 4. The third kappa shape index (κ3) is 3.12. The maximum Gasteiger partial charge on any atom is 0.246 e. The van der Waals surface area contributed by atoms with E-state index in [-0.39, 0.29) is 10.3 Å². The number of pyridine rings is 1. The monoisotopic (exact) mass is 297 g/mol. The van der Waals surface area contributed by atoms with E-state index in [1.807, 2.05) is 6.92 Å². The third-order valence-electron chi connectivity index (χ3n) is 3.64. The van der Waals surface area contributed by atoms with Gasteiger partial charge in [0.15, 0.2) is 0 Å². The number of nitrogens with zero attached hydrogens (tertiary/aromatic N) is 2. The topological polar surface area (TPSA) is 62.3 Å². The summed E-state index contributed by atoms with van der Waals surface area (Å²) in [5, 5.41) is 3.10. The van der Waals surface area contributed by atoms with Gasteiger partial charge in [0, 0.05) is 32.0 Å². The standard InChI is InChI=1S/C14H23N3O2S/c1-4-16-12-6-8-15-10-13(12)20(18,19)17-9-5-7-14(2,3)11-17/h6,8,10H,4-5,7,9,11H2,1-3H3,(H,15,16). The molecule has 5 nitrogen and oxygen atoms in total. The highest BCUT2D eigenvalue weighted by atomic mass is 32.2. The van der Waals surface area contributed by atoms with Crippen LogP contribution in [-0.4, -0.2) is 37.3 Å². The maximum absolute atomic E-state index is 12.8. The van der Waals surface area contributed by atoms with Gasteiger partial charge in [0.2, 0.25) is 10.0 Å². The van der Waals surface area contributed by atoms with E-state index in [9.17, 15) is 8.42 Å². The van der Waals surface area contributed by atoms with E-state index in [1.165, 1.54) is 6.20 Å². The van der Waals surface area contributed by atoms with Crippen LogP contribution in [0.3, 0.4) is 0 Å². The lowest BCUT2D eigenvalue weighted by atomic mass is 9.85. The number of anilines is 1. The molecule has 0 aliphatic carbocycles. The van der Waals surface area contributed by atoms with Crippen molar-refractivity contribution in [1.29, 1.82) is 0 Å². The van der Waals surface area contributed by atoms with Gasteiger partial charge in [-0.15, -0.1) is 0 Å². The van der Waals surface area contributed by atoms with Crippen LogP contribution in [0.1, 0.15) is 33.6 Å². The highest BCUT2D eigenvalue weighted by Crippen LogP contribution is 2.33. The van der Waals surface area contributed by atoms with Gasteiger partial charge >= 0.3 is 0 Å². The Morgan fingerprint density at radius 1 is 1.45 bits per heavy atom. The normalized spacial score (nSPS) is 19.8. The van der Waals surface area contributed by atoms with Crippen LogP contribution in [0.15, 0.2) is 23.4 Å². The first-order valence-electron chi connectivity index (χ1n) is 7.05. The summed E-state index contributed by atoms with van der Waals surface area (Å²) >= 11 is 0. The van der Waals surface area contributed by atoms with Gasteiger partial charge in [-0.25, -0.2) is 8.42 Å². The van der Waals surface area contributed by atoms with E-state index in [0.717, 1.165) is 12.8 Å². The zero-order valence-corrected chi connectivity index (χ0v) is 13.2. The summed E-state index contributed by atoms with van der Waals surface area (Å²) < 4.78 is 27.2. The summed E-state index contributed by atoms with van der Waals surface area (Å²) in [6.45, 7) is 8.01. The molecule has 1 aromatic heterocycles. The summed E-state index contributed by atoms with van der Waals surface area (Å²) in [7, 11) is -3.48. The first-order chi connectivity index (χ1) is 9.37. The van der Waals surface area contributed by atoms with E-state index in [1.54, 1.807) is 16.6 Å². The SMILES string of the molecule is CCNc1ccncc1S(=O)(=O)N1CCCC(C)(C)C1. The second-order valence-corrected chi connectivity index (χ2v) is 7.91. The summed E-state index contributed by atoms with van der Waals surface area (Å²) in [4.78, 5) is 4.26. The van der Waals surface area contributed by atoms with Gasteiger partial charge in [0.05, 0.1) is 5.69 Å². The second kappa shape index (κ2) is 5.69. The van der Waals surface area contributed by atoms with Crippen LogP contribution in [-0.2, 0) is 10.0 Å². The van der Waals surface area contributed by atoms with Crippen molar-refractivity contribution in [3.8, 4) is 0 Å². The number of piperidine rings is 1. The fourth-order valence-electron chi connectivity index (χ4n) is 2.64. The fourth-order valence-corrected chi connectivity index (χ4v) is 4.42. The van der Waals surface area contributed by atoms with E-state index >= 15 is 0 Å². The Labute approximate surface area is 121 Å². The average molecular weight is 297 g/mol. The van der Waals surface area contributed by atoms with E-state index < -0.39 is 10.0 Å². The quantitative estimate of drug-likeness (QED) is 0.926. The summed E-state index contributed by atoms with van der Waals surface area (Å²) in [5.41, 5.74) is 0.664. The largest absolute Gasteiger partial charge is 0.384 e. The fraction of sp³-hybridized carbons (Fsp3) is 0.643. The number of hydrogen-bond acceptors (Lipinski definition) is 4. The van der Waals surface area contributed by atoms with Gasteiger partial charge in [-0.1, -0.05) is 13.8 Å². The Morgan fingerprint density at radius 3 is 2.85 bits per heavy atom. The summed E-state index contributed by atoms with van der Waals surface area (Å²) in [6, 6.07) is 1.71. The number of aromatic nitrogens is 1. The Balaban J connectivity index is 2.35. The second-order valence-electron chi connectivity index (χ2n) is 6.01. The van der Waals surface area contributed by atoms with Crippen LogP contribution < -0.4 is 5.32 Å². The zero-order valence-electron chi connectivity index (χ0n) is 12.4. The van der Waals surface area contributed by atoms with Crippen molar-refractivity contribution in [2.24, 2.45) is 5.41 Å². The Morgan fingerprint density at radius 2 is 2.20 bits per heavy atom. The van der Waals surface area contributed by atoms with E-state index in [4.69, 9.17) is 0 Å². The lowest BCUT2D eigenvalue weighted by molar-refractivity contribution is 0.187. The number of hydrogen-bond donors (Lipinski definition) is 1. The van der Waals surface area contributed by atoms with E-state index in [0.29, 0.717) is 25.3 Å². The van der Waals surface area contributed by atoms with Gasteiger partial charge in [-0.05, 0) is 31.2 Å². The molecule has 2 heterocycles. The van der Waals surface area contributed by atoms with Gasteiger partial charge in [-0.2, -0.15) is 4.31 Å². The molecular formula is C14H23N3O2S. The van der Waals surface area contributed by atoms with Gasteiger partial charge in [0.25, 0.3) is 0 Å². The molecular weight excluding hydrogens is 274 g/mol. The lowest BCUT2D eigenvalue weighted by Crippen LogP contribution is -2.43. The molecule has 1 fully saturated rings.